The number of piperidine rings is 1. The van der Waals surface area contributed by atoms with E-state index in [-0.39, 0.29) is 12.1 Å². The maximum atomic E-state index is 12.8. The smallest absolute Gasteiger partial charge is 0.338 e. The SMILES string of the molecule is CC(C)(C)OC(=O)c1ccc2nc(CN3CCC(c4cccc(OCc5ccn6ccnc6c5)n4)CC3)n(C[C@@H]3CCO3)c2c1. The number of hydrogen-bond acceptors (Lipinski definition) is 8. The third kappa shape index (κ3) is 6.72. The van der Waals surface area contributed by atoms with Gasteiger partial charge in [-0.2, -0.15) is 0 Å². The van der Waals surface area contributed by atoms with Crippen LogP contribution in [0.15, 0.2) is 67.1 Å². The van der Waals surface area contributed by atoms with Crippen molar-refractivity contribution in [1.82, 2.24) is 28.8 Å². The van der Waals surface area contributed by atoms with Gasteiger partial charge in [-0.25, -0.2) is 19.7 Å². The summed E-state index contributed by atoms with van der Waals surface area (Å²) in [4.78, 5) is 29.6. The Labute approximate surface area is 263 Å². The quantitative estimate of drug-likeness (QED) is 0.194. The molecule has 7 rings (SSSR count). The Balaban J connectivity index is 1.01. The van der Waals surface area contributed by atoms with Crippen LogP contribution in [0.4, 0.5) is 0 Å². The predicted molar refractivity (Wildman–Crippen MR) is 170 cm³/mol. The van der Waals surface area contributed by atoms with Gasteiger partial charge in [0.1, 0.15) is 23.7 Å². The van der Waals surface area contributed by atoms with E-state index in [1.165, 1.54) is 0 Å². The molecule has 10 heteroatoms. The molecule has 10 nitrogen and oxygen atoms in total. The average molecular weight is 609 g/mol. The molecule has 1 atom stereocenters. The molecule has 0 radical (unpaired) electrons. The van der Waals surface area contributed by atoms with Crippen molar-refractivity contribution in [2.24, 2.45) is 0 Å². The minimum absolute atomic E-state index is 0.172. The number of likely N-dealkylation sites (tertiary alicyclic amines) is 1. The lowest BCUT2D eigenvalue weighted by molar-refractivity contribution is -0.0592. The summed E-state index contributed by atoms with van der Waals surface area (Å²) in [6, 6.07) is 15.8. The zero-order valence-corrected chi connectivity index (χ0v) is 26.2. The molecule has 234 valence electrons. The fourth-order valence-corrected chi connectivity index (χ4v) is 6.12. The number of ether oxygens (including phenoxy) is 3. The van der Waals surface area contributed by atoms with Gasteiger partial charge in [-0.3, -0.25) is 4.90 Å². The maximum absolute atomic E-state index is 12.8. The molecule has 0 saturated carbocycles. The highest BCUT2D eigenvalue weighted by Crippen LogP contribution is 2.30. The zero-order chi connectivity index (χ0) is 31.0. The number of carbonyl (C=O) groups excluding carboxylic acids is 1. The summed E-state index contributed by atoms with van der Waals surface area (Å²) < 4.78 is 21.7. The average Bonchev–Trinajstić information content (AvgIpc) is 3.61. The molecule has 1 aromatic carbocycles. The van der Waals surface area contributed by atoms with Crippen LogP contribution in [0.25, 0.3) is 16.7 Å². The van der Waals surface area contributed by atoms with Crippen molar-refractivity contribution in [2.45, 2.75) is 77.4 Å². The summed E-state index contributed by atoms with van der Waals surface area (Å²) in [5, 5.41) is 0. The minimum Gasteiger partial charge on any atom is -0.473 e. The van der Waals surface area contributed by atoms with Gasteiger partial charge in [-0.05, 0) is 95.1 Å². The van der Waals surface area contributed by atoms with Crippen molar-refractivity contribution in [1.29, 1.82) is 0 Å². The number of pyridine rings is 2. The van der Waals surface area contributed by atoms with E-state index >= 15 is 0 Å². The van der Waals surface area contributed by atoms with Gasteiger partial charge in [-0.1, -0.05) is 6.07 Å². The molecule has 0 unspecified atom stereocenters. The van der Waals surface area contributed by atoms with Gasteiger partial charge in [-0.15, -0.1) is 0 Å². The Morgan fingerprint density at radius 3 is 2.64 bits per heavy atom. The summed E-state index contributed by atoms with van der Waals surface area (Å²) in [7, 11) is 0. The van der Waals surface area contributed by atoms with Crippen LogP contribution in [-0.4, -0.2) is 66.2 Å². The number of aromatic nitrogens is 5. The Kier molecular flexibility index (Phi) is 8.01. The molecule has 45 heavy (non-hydrogen) atoms. The molecule has 0 amide bonds. The number of fused-ring (bicyclic) bond motifs is 2. The topological polar surface area (TPSA) is 96.0 Å². The molecule has 0 spiro atoms. The first-order valence-electron chi connectivity index (χ1n) is 15.9. The van der Waals surface area contributed by atoms with Gasteiger partial charge < -0.3 is 23.2 Å². The van der Waals surface area contributed by atoms with Gasteiger partial charge in [0.05, 0.1) is 35.8 Å². The monoisotopic (exact) mass is 608 g/mol. The lowest BCUT2D eigenvalue weighted by Crippen LogP contribution is -2.35. The van der Waals surface area contributed by atoms with Crippen LogP contribution in [0, 0.1) is 0 Å². The van der Waals surface area contributed by atoms with Gasteiger partial charge >= 0.3 is 5.97 Å². The second kappa shape index (κ2) is 12.3. The van der Waals surface area contributed by atoms with Gasteiger partial charge in [0, 0.05) is 42.9 Å². The summed E-state index contributed by atoms with van der Waals surface area (Å²) in [6.45, 7) is 10.3. The van der Waals surface area contributed by atoms with Crippen molar-refractivity contribution in [2.75, 3.05) is 19.7 Å². The number of benzene rings is 1. The van der Waals surface area contributed by atoms with E-state index in [2.05, 4.69) is 20.5 Å². The highest BCUT2D eigenvalue weighted by Gasteiger charge is 2.27. The predicted octanol–water partition coefficient (Wildman–Crippen LogP) is 5.78. The standard InChI is InChI=1S/C35H40N6O4/c1-35(2,3)45-34(42)26-7-8-29-30(20-26)41(21-27-12-18-43-27)32(37-29)22-39-14-10-25(11-15-39)28-5-4-6-33(38-28)44-23-24-9-16-40-17-13-36-31(40)19-24/h4-9,13,16-17,19-20,25,27H,10-12,14-15,18,21-23H2,1-3H3/t27-/m0/s1. The van der Waals surface area contributed by atoms with E-state index in [0.717, 1.165) is 85.8 Å². The molecule has 2 saturated heterocycles. The first kappa shape index (κ1) is 29.4. The third-order valence-corrected chi connectivity index (χ3v) is 8.61. The zero-order valence-electron chi connectivity index (χ0n) is 26.2. The fourth-order valence-electron chi connectivity index (χ4n) is 6.12. The molecular formula is C35H40N6O4. The van der Waals surface area contributed by atoms with Crippen LogP contribution in [-0.2, 0) is 29.2 Å². The molecule has 0 N–H and O–H groups in total. The Bertz CT molecular complexity index is 1810. The van der Waals surface area contributed by atoms with Gasteiger partial charge in [0.2, 0.25) is 5.88 Å². The van der Waals surface area contributed by atoms with Crippen molar-refractivity contribution in [3.63, 3.8) is 0 Å². The second-order valence-corrected chi connectivity index (χ2v) is 13.1. The van der Waals surface area contributed by atoms with E-state index in [1.54, 1.807) is 6.20 Å². The molecule has 2 aliphatic rings. The third-order valence-electron chi connectivity index (χ3n) is 8.61. The molecule has 6 heterocycles. The fraction of sp³-hybridized carbons (Fsp3) is 0.429. The summed E-state index contributed by atoms with van der Waals surface area (Å²) >= 11 is 0. The normalized spacial score (nSPS) is 17.9. The second-order valence-electron chi connectivity index (χ2n) is 13.1. The van der Waals surface area contributed by atoms with E-state index in [4.69, 9.17) is 24.2 Å². The highest BCUT2D eigenvalue weighted by molar-refractivity contribution is 5.94. The molecule has 2 aliphatic heterocycles. The minimum atomic E-state index is -0.552. The van der Waals surface area contributed by atoms with Crippen molar-refractivity contribution >= 4 is 22.6 Å². The molecule has 0 bridgehead atoms. The summed E-state index contributed by atoms with van der Waals surface area (Å²) in [5.74, 6) is 1.71. The lowest BCUT2D eigenvalue weighted by atomic mass is 9.93. The Morgan fingerprint density at radius 1 is 1.02 bits per heavy atom. The number of carbonyl (C=O) groups is 1. The van der Waals surface area contributed by atoms with Crippen molar-refractivity contribution in [3.05, 3.63) is 89.8 Å². The largest absolute Gasteiger partial charge is 0.473 e. The molecule has 2 fully saturated rings. The van der Waals surface area contributed by atoms with Gasteiger partial charge in [0.15, 0.2) is 0 Å². The van der Waals surface area contributed by atoms with E-state index in [9.17, 15) is 4.79 Å². The van der Waals surface area contributed by atoms with Crippen LogP contribution in [0.1, 0.15) is 73.4 Å². The molecule has 5 aromatic rings. The number of rotatable bonds is 9. The van der Waals surface area contributed by atoms with E-state index in [0.29, 0.717) is 24.0 Å². The summed E-state index contributed by atoms with van der Waals surface area (Å²) in [6.07, 6.45) is 8.96. The summed E-state index contributed by atoms with van der Waals surface area (Å²) in [5.41, 5.74) is 4.87. The lowest BCUT2D eigenvalue weighted by Gasteiger charge is -2.32. The maximum Gasteiger partial charge on any atom is 0.338 e. The molecule has 4 aromatic heterocycles. The number of imidazole rings is 2. The Morgan fingerprint density at radius 2 is 1.87 bits per heavy atom. The van der Waals surface area contributed by atoms with Crippen molar-refractivity contribution < 1.29 is 19.0 Å². The number of hydrogen-bond donors (Lipinski definition) is 0. The first-order chi connectivity index (χ1) is 21.8. The van der Waals surface area contributed by atoms with Crippen molar-refractivity contribution in [3.8, 4) is 5.88 Å². The van der Waals surface area contributed by atoms with Crippen LogP contribution < -0.4 is 4.74 Å². The van der Waals surface area contributed by atoms with Gasteiger partial charge in [0.25, 0.3) is 0 Å². The van der Waals surface area contributed by atoms with E-state index in [1.807, 2.05) is 80.0 Å². The van der Waals surface area contributed by atoms with E-state index < -0.39 is 5.60 Å². The first-order valence-corrected chi connectivity index (χ1v) is 15.9. The van der Waals surface area contributed by atoms with Crippen LogP contribution in [0.5, 0.6) is 5.88 Å². The number of nitrogens with zero attached hydrogens (tertiary/aromatic N) is 6. The van der Waals surface area contributed by atoms with Crippen LogP contribution in [0.2, 0.25) is 0 Å². The molecular weight excluding hydrogens is 568 g/mol. The number of esters is 1. The van der Waals surface area contributed by atoms with Crippen LogP contribution >= 0.6 is 0 Å². The highest BCUT2D eigenvalue weighted by atomic mass is 16.6. The molecule has 0 aliphatic carbocycles. The Hall–Kier alpha value is -4.28. The van der Waals surface area contributed by atoms with Crippen LogP contribution in [0.3, 0.4) is 0 Å².